The molecule has 2 atom stereocenters. The fraction of sp³-hybridized carbons (Fsp3) is 0.419. The van der Waals surface area contributed by atoms with Crippen molar-refractivity contribution in [2.45, 2.75) is 69.9 Å². The SMILES string of the molecule is CC(C)(C)C[C@]1(c2ccc(Br)cc2)N=C(NC(=O)O)N([C@H](COC(=O)NC2(C(F)(F)F)CC2)c2ccc(Cl)c(-c3ncnn3C(F)F)c2)C1=O. The van der Waals surface area contributed by atoms with Crippen LogP contribution in [-0.2, 0) is 15.1 Å². The number of aliphatic imine (C=N–C) groups is 1. The number of alkyl carbamates (subject to hydrolysis) is 1. The van der Waals surface area contributed by atoms with Crippen LogP contribution in [0.15, 0.2) is 58.3 Å². The van der Waals surface area contributed by atoms with E-state index in [2.05, 4.69) is 36.3 Å². The lowest BCUT2D eigenvalue weighted by atomic mass is 9.75. The summed E-state index contributed by atoms with van der Waals surface area (Å²) in [6.45, 7) is 1.56. The van der Waals surface area contributed by atoms with Crippen LogP contribution in [0, 0.1) is 5.41 Å². The van der Waals surface area contributed by atoms with Gasteiger partial charge in [0.25, 0.3) is 5.91 Å². The molecule has 1 aromatic heterocycles. The highest BCUT2D eigenvalue weighted by molar-refractivity contribution is 9.10. The molecule has 1 fully saturated rings. The van der Waals surface area contributed by atoms with E-state index in [1.54, 1.807) is 24.3 Å². The molecular weight excluding hydrogens is 761 g/mol. The average molecular weight is 791 g/mol. The highest BCUT2D eigenvalue weighted by atomic mass is 79.9. The lowest BCUT2D eigenvalue weighted by Crippen LogP contribution is -2.51. The van der Waals surface area contributed by atoms with Crippen LogP contribution in [0.2, 0.25) is 5.02 Å². The molecule has 2 heterocycles. The summed E-state index contributed by atoms with van der Waals surface area (Å²) < 4.78 is 74.7. The van der Waals surface area contributed by atoms with Crippen LogP contribution < -0.4 is 10.6 Å². The number of aromatic nitrogens is 3. The molecule has 0 spiro atoms. The fourth-order valence-corrected chi connectivity index (χ4v) is 6.23. The molecule has 2 aliphatic rings. The van der Waals surface area contributed by atoms with Gasteiger partial charge in [0, 0.05) is 10.0 Å². The Morgan fingerprint density at radius 1 is 1.12 bits per heavy atom. The zero-order valence-electron chi connectivity index (χ0n) is 26.6. The predicted octanol–water partition coefficient (Wildman–Crippen LogP) is 7.42. The number of rotatable bonds is 9. The summed E-state index contributed by atoms with van der Waals surface area (Å²) in [5, 5.41) is 17.2. The largest absolute Gasteiger partial charge is 0.465 e. The van der Waals surface area contributed by atoms with Crippen LogP contribution in [0.1, 0.15) is 63.8 Å². The summed E-state index contributed by atoms with van der Waals surface area (Å²) in [6.07, 6.45) is -7.64. The van der Waals surface area contributed by atoms with Crippen molar-refractivity contribution in [2.75, 3.05) is 6.61 Å². The third-order valence-corrected chi connectivity index (χ3v) is 8.97. The van der Waals surface area contributed by atoms with Crippen LogP contribution in [0.3, 0.4) is 0 Å². The number of halogens is 7. The summed E-state index contributed by atoms with van der Waals surface area (Å²) in [7, 11) is 0. The van der Waals surface area contributed by atoms with E-state index in [1.165, 1.54) is 18.2 Å². The molecule has 268 valence electrons. The highest BCUT2D eigenvalue weighted by Gasteiger charge is 2.64. The van der Waals surface area contributed by atoms with Crippen molar-refractivity contribution in [3.8, 4) is 11.4 Å². The molecule has 3 aromatic rings. The van der Waals surface area contributed by atoms with Gasteiger partial charge >= 0.3 is 24.9 Å². The Bertz CT molecular complexity index is 1830. The first-order valence-corrected chi connectivity index (χ1v) is 16.1. The van der Waals surface area contributed by atoms with E-state index in [1.807, 2.05) is 26.1 Å². The minimum atomic E-state index is -4.76. The molecule has 19 heteroatoms. The van der Waals surface area contributed by atoms with E-state index >= 15 is 0 Å². The first kappa shape index (κ1) is 36.9. The van der Waals surface area contributed by atoms with Crippen molar-refractivity contribution in [3.63, 3.8) is 0 Å². The van der Waals surface area contributed by atoms with Gasteiger partial charge in [0.2, 0.25) is 5.96 Å². The van der Waals surface area contributed by atoms with Gasteiger partial charge in [-0.1, -0.05) is 66.5 Å². The minimum absolute atomic E-state index is 0.0489. The van der Waals surface area contributed by atoms with Crippen LogP contribution in [0.5, 0.6) is 0 Å². The molecular formula is C31H30BrClF5N7O5. The molecule has 3 N–H and O–H groups in total. The van der Waals surface area contributed by atoms with Crippen molar-refractivity contribution >= 4 is 51.6 Å². The maximum Gasteiger partial charge on any atom is 0.411 e. The molecule has 5 rings (SSSR count). The zero-order valence-corrected chi connectivity index (χ0v) is 28.9. The molecule has 3 amide bonds. The van der Waals surface area contributed by atoms with Crippen molar-refractivity contribution < 1.29 is 46.2 Å². The van der Waals surface area contributed by atoms with Crippen LogP contribution in [-0.4, -0.2) is 67.1 Å². The molecule has 0 unspecified atom stereocenters. The highest BCUT2D eigenvalue weighted by Crippen LogP contribution is 2.49. The molecule has 1 saturated carbocycles. The Morgan fingerprint density at radius 3 is 2.34 bits per heavy atom. The van der Waals surface area contributed by atoms with E-state index in [9.17, 15) is 41.4 Å². The molecule has 1 aliphatic heterocycles. The number of amides is 3. The Kier molecular flexibility index (Phi) is 9.92. The van der Waals surface area contributed by atoms with Gasteiger partial charge in [-0.05, 0) is 60.1 Å². The van der Waals surface area contributed by atoms with E-state index < -0.39 is 65.9 Å². The lowest BCUT2D eigenvalue weighted by molar-refractivity contribution is -0.164. The van der Waals surface area contributed by atoms with Crippen LogP contribution in [0.4, 0.5) is 31.5 Å². The number of ether oxygens (including phenoxy) is 1. The summed E-state index contributed by atoms with van der Waals surface area (Å²) in [4.78, 5) is 49.2. The van der Waals surface area contributed by atoms with Gasteiger partial charge in [0.05, 0.1) is 11.1 Å². The monoisotopic (exact) mass is 789 g/mol. The van der Waals surface area contributed by atoms with Crippen molar-refractivity contribution in [2.24, 2.45) is 10.4 Å². The number of hydrogen-bond donors (Lipinski definition) is 3. The number of guanidine groups is 1. The lowest BCUT2D eigenvalue weighted by Gasteiger charge is -2.35. The molecule has 0 bridgehead atoms. The summed E-state index contributed by atoms with van der Waals surface area (Å²) in [5.41, 5.74) is -4.46. The second kappa shape index (κ2) is 13.4. The molecule has 0 saturated heterocycles. The molecule has 50 heavy (non-hydrogen) atoms. The second-order valence-electron chi connectivity index (χ2n) is 13.0. The first-order chi connectivity index (χ1) is 23.3. The van der Waals surface area contributed by atoms with Gasteiger partial charge in [-0.25, -0.2) is 19.6 Å². The maximum atomic E-state index is 14.8. The van der Waals surface area contributed by atoms with E-state index in [0.717, 1.165) is 11.2 Å². The normalized spacial score (nSPS) is 19.3. The topological polar surface area (TPSA) is 151 Å². The standard InChI is InChI=1S/C31H30BrClF5N7O5/c1-28(2,3)14-30(17-5-7-18(32)8-6-17)23(46)44(25(42-30)41-26(47)48)21(13-50-27(49)43-29(10-11-29)31(36,37)38)16-4-9-20(33)19(12-16)22-39-15-40-45(22)24(34)35/h4-9,12,15,21,24H,10-11,13-14H2,1-3H3,(H,41,42)(H,43,49)(H,47,48)/t21-,30-/m1/s1. The van der Waals surface area contributed by atoms with Gasteiger partial charge in [-0.15, -0.1) is 0 Å². The zero-order chi connectivity index (χ0) is 36.8. The van der Waals surface area contributed by atoms with Gasteiger partial charge in [-0.2, -0.15) is 31.7 Å². The third-order valence-electron chi connectivity index (χ3n) is 8.12. The summed E-state index contributed by atoms with van der Waals surface area (Å²) >= 11 is 9.75. The maximum absolute atomic E-state index is 14.8. The molecule has 1 aliphatic carbocycles. The number of benzene rings is 2. The predicted molar refractivity (Wildman–Crippen MR) is 172 cm³/mol. The Balaban J connectivity index is 1.64. The third kappa shape index (κ3) is 7.40. The smallest absolute Gasteiger partial charge is 0.411 e. The van der Waals surface area contributed by atoms with Crippen LogP contribution in [0.25, 0.3) is 11.4 Å². The van der Waals surface area contributed by atoms with Crippen molar-refractivity contribution in [3.05, 3.63) is 69.4 Å². The minimum Gasteiger partial charge on any atom is -0.465 e. The Morgan fingerprint density at radius 2 is 1.78 bits per heavy atom. The van der Waals surface area contributed by atoms with Crippen LogP contribution >= 0.6 is 27.5 Å². The Labute approximate surface area is 295 Å². The number of carboxylic acid groups (broad SMARTS) is 1. The summed E-state index contributed by atoms with van der Waals surface area (Å²) in [6, 6.07) is 8.99. The average Bonchev–Trinajstić information content (AvgIpc) is 3.54. The van der Waals surface area contributed by atoms with E-state index in [-0.39, 0.29) is 45.9 Å². The molecule has 0 radical (unpaired) electrons. The van der Waals surface area contributed by atoms with Gasteiger partial charge < -0.3 is 15.2 Å². The number of hydrogen-bond acceptors (Lipinski definition) is 7. The number of nitrogens with one attached hydrogen (secondary N) is 2. The Hall–Kier alpha value is -4.32. The number of nitrogens with zero attached hydrogens (tertiary/aromatic N) is 5. The number of alkyl halides is 5. The molecule has 2 aromatic carbocycles. The van der Waals surface area contributed by atoms with E-state index in [0.29, 0.717) is 10.0 Å². The number of carbonyl (C=O) groups excluding carboxylic acids is 2. The molecule has 12 nitrogen and oxygen atoms in total. The first-order valence-electron chi connectivity index (χ1n) is 15.0. The van der Waals surface area contributed by atoms with Gasteiger partial charge in [0.15, 0.2) is 11.4 Å². The van der Waals surface area contributed by atoms with E-state index in [4.69, 9.17) is 16.3 Å². The van der Waals surface area contributed by atoms with Crippen molar-refractivity contribution in [1.29, 1.82) is 0 Å². The second-order valence-corrected chi connectivity index (χ2v) is 14.3. The summed E-state index contributed by atoms with van der Waals surface area (Å²) in [5.74, 6) is -1.62. The quantitative estimate of drug-likeness (QED) is 0.191. The van der Waals surface area contributed by atoms with Gasteiger partial charge in [0.1, 0.15) is 18.5 Å². The fourth-order valence-electron chi connectivity index (χ4n) is 5.77. The number of carbonyl (C=O) groups is 3. The van der Waals surface area contributed by atoms with Crippen molar-refractivity contribution in [1.82, 2.24) is 30.3 Å². The van der Waals surface area contributed by atoms with Gasteiger partial charge in [-0.3, -0.25) is 15.0 Å².